The molecule has 0 atom stereocenters. The summed E-state index contributed by atoms with van der Waals surface area (Å²) in [5.41, 5.74) is 2.15. The predicted octanol–water partition coefficient (Wildman–Crippen LogP) is 4.65. The lowest BCUT2D eigenvalue weighted by atomic mass is 10.0. The Kier molecular flexibility index (Phi) is 4.19. The summed E-state index contributed by atoms with van der Waals surface area (Å²) in [4.78, 5) is 11.5. The normalized spacial score (nSPS) is 11.3. The van der Waals surface area contributed by atoms with Crippen molar-refractivity contribution in [3.05, 3.63) is 70.7 Å². The number of carbonyl (C=O) groups is 1. The van der Waals surface area contributed by atoms with E-state index in [1.54, 1.807) is 18.2 Å². The van der Waals surface area contributed by atoms with E-state index in [2.05, 4.69) is 0 Å². The molecule has 2 rings (SSSR count). The second kappa shape index (κ2) is 5.85. The maximum Gasteiger partial charge on any atom is 0.253 e. The van der Waals surface area contributed by atoms with E-state index in [-0.39, 0.29) is 0 Å². The minimum absolute atomic E-state index is 0.472. The molecule has 3 heteroatoms. The van der Waals surface area contributed by atoms with Crippen LogP contribution in [-0.4, -0.2) is 5.24 Å². The first-order valence-corrected chi connectivity index (χ1v) is 6.15. The van der Waals surface area contributed by atoms with E-state index in [1.807, 2.05) is 42.5 Å². The maximum absolute atomic E-state index is 11.5. The highest BCUT2D eigenvalue weighted by molar-refractivity contribution is 6.75. The van der Waals surface area contributed by atoms with Crippen LogP contribution in [0.15, 0.2) is 54.6 Å². The van der Waals surface area contributed by atoms with Crippen LogP contribution in [-0.2, 0) is 4.79 Å². The smallest absolute Gasteiger partial charge is 0.253 e. The van der Waals surface area contributed by atoms with Crippen LogP contribution >= 0.6 is 23.2 Å². The molecule has 0 N–H and O–H groups in total. The van der Waals surface area contributed by atoms with Crippen molar-refractivity contribution >= 4 is 40.1 Å². The molecule has 2 aromatic rings. The fraction of sp³-hybridized carbons (Fsp3) is 0. The van der Waals surface area contributed by atoms with Gasteiger partial charge >= 0.3 is 0 Å². The summed E-state index contributed by atoms with van der Waals surface area (Å²) in [5.74, 6) is 0. The van der Waals surface area contributed by atoms with Crippen LogP contribution in [0.2, 0.25) is 5.02 Å². The number of allylic oxidation sites excluding steroid dienone is 1. The van der Waals surface area contributed by atoms with E-state index < -0.39 is 5.24 Å². The molecular weight excluding hydrogens is 267 g/mol. The van der Waals surface area contributed by atoms with Crippen LogP contribution in [0.3, 0.4) is 0 Å². The summed E-state index contributed by atoms with van der Waals surface area (Å²) in [7, 11) is 0. The minimum Gasteiger partial charge on any atom is -0.276 e. The lowest BCUT2D eigenvalue weighted by Crippen LogP contribution is -1.92. The number of rotatable bonds is 3. The highest BCUT2D eigenvalue weighted by atomic mass is 35.5. The Bertz CT molecular complexity index is 571. The molecule has 2 aromatic carbocycles. The van der Waals surface area contributed by atoms with Crippen molar-refractivity contribution in [1.82, 2.24) is 0 Å². The fourth-order valence-electron chi connectivity index (χ4n) is 1.60. The van der Waals surface area contributed by atoms with Gasteiger partial charge in [0.25, 0.3) is 5.24 Å². The largest absolute Gasteiger partial charge is 0.276 e. The van der Waals surface area contributed by atoms with Crippen LogP contribution in [0.25, 0.3) is 11.6 Å². The average Bonchev–Trinajstić information content (AvgIpc) is 2.38. The number of hydrogen-bond acceptors (Lipinski definition) is 1. The van der Waals surface area contributed by atoms with Gasteiger partial charge in [0.1, 0.15) is 0 Å². The Morgan fingerprint density at radius 1 is 0.944 bits per heavy atom. The van der Waals surface area contributed by atoms with E-state index >= 15 is 0 Å². The molecule has 18 heavy (non-hydrogen) atoms. The molecule has 0 aliphatic rings. The van der Waals surface area contributed by atoms with Crippen molar-refractivity contribution in [3.8, 4) is 0 Å². The zero-order valence-corrected chi connectivity index (χ0v) is 10.9. The summed E-state index contributed by atoms with van der Waals surface area (Å²) in [6.45, 7) is 0. The van der Waals surface area contributed by atoms with Gasteiger partial charge in [0.15, 0.2) is 0 Å². The van der Waals surface area contributed by atoms with Crippen LogP contribution in [0, 0.1) is 0 Å². The van der Waals surface area contributed by atoms with Gasteiger partial charge in [-0.3, -0.25) is 4.79 Å². The number of halogens is 2. The molecule has 0 spiro atoms. The molecule has 0 bridgehead atoms. The summed E-state index contributed by atoms with van der Waals surface area (Å²) in [6.07, 6.45) is 1.75. The zero-order valence-electron chi connectivity index (χ0n) is 9.44. The van der Waals surface area contributed by atoms with Gasteiger partial charge in [0.2, 0.25) is 0 Å². The Labute approximate surface area is 116 Å². The van der Waals surface area contributed by atoms with Crippen LogP contribution < -0.4 is 0 Å². The summed E-state index contributed by atoms with van der Waals surface area (Å²) in [6, 6.07) is 16.5. The molecule has 1 nitrogen and oxygen atoms in total. The minimum atomic E-state index is -0.476. The Morgan fingerprint density at radius 3 is 2.11 bits per heavy atom. The second-order valence-electron chi connectivity index (χ2n) is 3.75. The summed E-state index contributed by atoms with van der Waals surface area (Å²) >= 11 is 11.4. The van der Waals surface area contributed by atoms with Crippen molar-refractivity contribution in [2.45, 2.75) is 0 Å². The van der Waals surface area contributed by atoms with E-state index in [4.69, 9.17) is 23.2 Å². The molecule has 0 aliphatic heterocycles. The lowest BCUT2D eigenvalue weighted by molar-refractivity contribution is -0.106. The third-order valence-electron chi connectivity index (χ3n) is 2.48. The third-order valence-corrected chi connectivity index (χ3v) is 2.93. The molecule has 0 heterocycles. The summed E-state index contributed by atoms with van der Waals surface area (Å²) < 4.78 is 0. The van der Waals surface area contributed by atoms with Gasteiger partial charge in [0, 0.05) is 10.6 Å². The van der Waals surface area contributed by atoms with Crippen molar-refractivity contribution in [2.24, 2.45) is 0 Å². The molecule has 0 radical (unpaired) electrons. The van der Waals surface area contributed by atoms with Gasteiger partial charge in [-0.25, -0.2) is 0 Å². The predicted molar refractivity (Wildman–Crippen MR) is 76.6 cm³/mol. The van der Waals surface area contributed by atoms with Crippen molar-refractivity contribution in [3.63, 3.8) is 0 Å². The standard InChI is InChI=1S/C15H10Cl2O/c16-13-8-6-11(7-9-13)10-14(15(17)18)12-4-2-1-3-5-12/h1-10H/b14-10+. The maximum atomic E-state index is 11.5. The molecule has 0 unspecified atom stereocenters. The van der Waals surface area contributed by atoms with E-state index in [0.29, 0.717) is 10.6 Å². The molecule has 0 saturated heterocycles. The topological polar surface area (TPSA) is 17.1 Å². The lowest BCUT2D eigenvalue weighted by Gasteiger charge is -2.03. The molecule has 90 valence electrons. The molecular formula is C15H10Cl2O. The number of benzene rings is 2. The van der Waals surface area contributed by atoms with E-state index in [9.17, 15) is 4.79 Å². The van der Waals surface area contributed by atoms with Crippen molar-refractivity contribution < 1.29 is 4.79 Å². The van der Waals surface area contributed by atoms with Crippen molar-refractivity contribution in [2.75, 3.05) is 0 Å². The number of carbonyl (C=O) groups excluding carboxylic acids is 1. The first kappa shape index (κ1) is 12.9. The monoisotopic (exact) mass is 276 g/mol. The van der Waals surface area contributed by atoms with Crippen LogP contribution in [0.1, 0.15) is 11.1 Å². The van der Waals surface area contributed by atoms with E-state index in [0.717, 1.165) is 11.1 Å². The van der Waals surface area contributed by atoms with E-state index in [1.165, 1.54) is 0 Å². The third kappa shape index (κ3) is 3.22. The Morgan fingerprint density at radius 2 is 1.56 bits per heavy atom. The van der Waals surface area contributed by atoms with Crippen molar-refractivity contribution in [1.29, 1.82) is 0 Å². The number of hydrogen-bond donors (Lipinski definition) is 0. The van der Waals surface area contributed by atoms with Gasteiger partial charge in [-0.2, -0.15) is 0 Å². The highest BCUT2D eigenvalue weighted by Crippen LogP contribution is 2.21. The molecule has 0 amide bonds. The Hall–Kier alpha value is -1.57. The summed E-state index contributed by atoms with van der Waals surface area (Å²) in [5, 5.41) is 0.182. The highest BCUT2D eigenvalue weighted by Gasteiger charge is 2.08. The first-order valence-electron chi connectivity index (χ1n) is 5.39. The van der Waals surface area contributed by atoms with Crippen LogP contribution in [0.4, 0.5) is 0 Å². The van der Waals surface area contributed by atoms with Gasteiger partial charge in [-0.15, -0.1) is 0 Å². The molecule has 0 saturated carbocycles. The quantitative estimate of drug-likeness (QED) is 0.453. The second-order valence-corrected chi connectivity index (χ2v) is 4.53. The zero-order chi connectivity index (χ0) is 13.0. The van der Waals surface area contributed by atoms with Gasteiger partial charge < -0.3 is 0 Å². The molecule has 0 fully saturated rings. The van der Waals surface area contributed by atoms with Gasteiger partial charge in [-0.1, -0.05) is 54.1 Å². The molecule has 0 aliphatic carbocycles. The molecule has 0 aromatic heterocycles. The van der Waals surface area contributed by atoms with Gasteiger partial charge in [-0.05, 0) is 40.9 Å². The first-order chi connectivity index (χ1) is 8.66. The Balaban J connectivity index is 2.43. The SMILES string of the molecule is O=C(Cl)/C(=C/c1ccc(Cl)cc1)c1ccccc1. The fourth-order valence-corrected chi connectivity index (χ4v) is 1.89. The van der Waals surface area contributed by atoms with Crippen LogP contribution in [0.5, 0.6) is 0 Å². The average molecular weight is 277 g/mol. The van der Waals surface area contributed by atoms with Gasteiger partial charge in [0.05, 0.1) is 0 Å².